The first-order chi connectivity index (χ1) is 15.6. The lowest BCUT2D eigenvalue weighted by Gasteiger charge is -2.24. The van der Waals surface area contributed by atoms with Crippen LogP contribution in [0.4, 0.5) is 0 Å². The predicted molar refractivity (Wildman–Crippen MR) is 128 cm³/mol. The number of nitrogens with one attached hydrogen (secondary N) is 3. The van der Waals surface area contributed by atoms with E-state index in [1.165, 1.54) is 11.8 Å². The zero-order valence-electron chi connectivity index (χ0n) is 19.0. The molecule has 0 aromatic carbocycles. The van der Waals surface area contributed by atoms with Crippen LogP contribution in [-0.4, -0.2) is 84.5 Å². The number of unbranched alkanes of at least 4 members (excludes halogenated alkanes) is 1. The molecule has 190 valence electrons. The number of carboxylic acids is 1. The standard InChI is InChI=1S/C19H38N8O5S/c1-33-10-7-14(26-16(30)12(21)5-4-9-24-19(22)23)18(32)27-13(6-2-3-8-20)17(31)25-11-15(28)29/h12-14H,2-11,20-21H2,1H3,(H,25,31)(H,26,30)(H,27,32)(H,28,29)(H4,22,23,24). The van der Waals surface area contributed by atoms with Gasteiger partial charge in [0.25, 0.3) is 0 Å². The number of aliphatic carboxylic acids is 1. The Balaban J connectivity index is 5.10. The van der Waals surface area contributed by atoms with Gasteiger partial charge in [-0.15, -0.1) is 0 Å². The van der Waals surface area contributed by atoms with E-state index in [1.54, 1.807) is 0 Å². The van der Waals surface area contributed by atoms with Crippen LogP contribution in [0.15, 0.2) is 4.99 Å². The van der Waals surface area contributed by atoms with Crippen molar-refractivity contribution in [2.75, 3.05) is 31.6 Å². The number of carbonyl (C=O) groups excluding carboxylic acids is 3. The second kappa shape index (κ2) is 17.9. The molecule has 3 unspecified atom stereocenters. The van der Waals surface area contributed by atoms with Crippen LogP contribution in [0.1, 0.15) is 38.5 Å². The Morgan fingerprint density at radius 3 is 2.15 bits per heavy atom. The molecule has 0 aliphatic rings. The van der Waals surface area contributed by atoms with E-state index in [1.807, 2.05) is 6.26 Å². The number of nitrogens with two attached hydrogens (primary N) is 4. The number of carbonyl (C=O) groups is 4. The summed E-state index contributed by atoms with van der Waals surface area (Å²) in [5.74, 6) is -2.33. The van der Waals surface area contributed by atoms with Crippen molar-refractivity contribution in [2.24, 2.45) is 27.9 Å². The van der Waals surface area contributed by atoms with Gasteiger partial charge in [0.15, 0.2) is 5.96 Å². The maximum absolute atomic E-state index is 12.9. The Hall–Kier alpha value is -2.58. The Morgan fingerprint density at radius 1 is 0.939 bits per heavy atom. The van der Waals surface area contributed by atoms with Crippen molar-refractivity contribution in [2.45, 2.75) is 56.7 Å². The Morgan fingerprint density at radius 2 is 1.58 bits per heavy atom. The predicted octanol–water partition coefficient (Wildman–Crippen LogP) is -2.58. The van der Waals surface area contributed by atoms with Crippen LogP contribution in [-0.2, 0) is 19.2 Å². The van der Waals surface area contributed by atoms with Crippen LogP contribution in [0.3, 0.4) is 0 Å². The van der Waals surface area contributed by atoms with Crippen molar-refractivity contribution in [3.63, 3.8) is 0 Å². The maximum atomic E-state index is 12.9. The third kappa shape index (κ3) is 15.0. The fourth-order valence-corrected chi connectivity index (χ4v) is 3.22. The van der Waals surface area contributed by atoms with Gasteiger partial charge in [-0.05, 0) is 57.1 Å². The summed E-state index contributed by atoms with van der Waals surface area (Å²) in [5.41, 5.74) is 21.9. The van der Waals surface area contributed by atoms with Crippen LogP contribution in [0.25, 0.3) is 0 Å². The van der Waals surface area contributed by atoms with Gasteiger partial charge in [0.2, 0.25) is 17.7 Å². The van der Waals surface area contributed by atoms with Crippen molar-refractivity contribution in [3.8, 4) is 0 Å². The smallest absolute Gasteiger partial charge is 0.322 e. The number of carboxylic acid groups (broad SMARTS) is 1. The van der Waals surface area contributed by atoms with Gasteiger partial charge >= 0.3 is 5.97 Å². The topological polar surface area (TPSA) is 241 Å². The quantitative estimate of drug-likeness (QED) is 0.0566. The van der Waals surface area contributed by atoms with Crippen LogP contribution >= 0.6 is 11.8 Å². The highest BCUT2D eigenvalue weighted by Gasteiger charge is 2.27. The summed E-state index contributed by atoms with van der Waals surface area (Å²) in [5, 5.41) is 16.3. The van der Waals surface area contributed by atoms with Gasteiger partial charge in [0.05, 0.1) is 6.04 Å². The zero-order chi connectivity index (χ0) is 25.2. The second-order valence-electron chi connectivity index (χ2n) is 7.36. The summed E-state index contributed by atoms with van der Waals surface area (Å²) in [6, 6.07) is -2.72. The molecule has 0 heterocycles. The normalized spacial score (nSPS) is 13.3. The molecule has 0 aliphatic carbocycles. The highest BCUT2D eigenvalue weighted by Crippen LogP contribution is 2.06. The van der Waals surface area contributed by atoms with Crippen LogP contribution in [0, 0.1) is 0 Å². The van der Waals surface area contributed by atoms with E-state index in [2.05, 4.69) is 20.9 Å². The average molecular weight is 491 g/mol. The molecule has 0 saturated carbocycles. The number of hydrogen-bond acceptors (Lipinski definition) is 8. The third-order valence-corrected chi connectivity index (χ3v) is 5.19. The average Bonchev–Trinajstić information content (AvgIpc) is 2.76. The highest BCUT2D eigenvalue weighted by atomic mass is 32.2. The molecule has 12 N–H and O–H groups in total. The first-order valence-electron chi connectivity index (χ1n) is 10.7. The van der Waals surface area contributed by atoms with Gasteiger partial charge in [0, 0.05) is 6.54 Å². The number of thioether (sulfide) groups is 1. The number of nitrogens with zero attached hydrogens (tertiary/aromatic N) is 1. The molecule has 0 bridgehead atoms. The molecular formula is C19H38N8O5S. The first kappa shape index (κ1) is 30.4. The van der Waals surface area contributed by atoms with Crippen molar-refractivity contribution < 1.29 is 24.3 Å². The second-order valence-corrected chi connectivity index (χ2v) is 8.34. The molecule has 33 heavy (non-hydrogen) atoms. The molecule has 14 heteroatoms. The summed E-state index contributed by atoms with van der Waals surface area (Å²) < 4.78 is 0. The molecule has 13 nitrogen and oxygen atoms in total. The molecule has 0 radical (unpaired) electrons. The van der Waals surface area contributed by atoms with E-state index < -0.39 is 48.4 Å². The molecule has 3 amide bonds. The van der Waals surface area contributed by atoms with Crippen molar-refractivity contribution >= 4 is 41.4 Å². The minimum atomic E-state index is -1.20. The molecule has 0 rings (SSSR count). The lowest BCUT2D eigenvalue weighted by atomic mass is 10.1. The largest absolute Gasteiger partial charge is 0.480 e. The Bertz CT molecular complexity index is 660. The van der Waals surface area contributed by atoms with Crippen LogP contribution in [0.2, 0.25) is 0 Å². The van der Waals surface area contributed by atoms with Crippen molar-refractivity contribution in [3.05, 3.63) is 0 Å². The molecule has 0 fully saturated rings. The molecule has 0 aliphatic heterocycles. The number of amides is 3. The van der Waals surface area contributed by atoms with Gasteiger partial charge in [-0.25, -0.2) is 0 Å². The van der Waals surface area contributed by atoms with Gasteiger partial charge in [-0.3, -0.25) is 24.2 Å². The number of aliphatic imine (C=N–C) groups is 1. The van der Waals surface area contributed by atoms with Gasteiger partial charge in [-0.1, -0.05) is 0 Å². The number of rotatable bonds is 18. The van der Waals surface area contributed by atoms with Gasteiger partial charge in [0.1, 0.15) is 18.6 Å². The van der Waals surface area contributed by atoms with Crippen molar-refractivity contribution in [1.82, 2.24) is 16.0 Å². The molecular weight excluding hydrogens is 452 g/mol. The summed E-state index contributed by atoms with van der Waals surface area (Å²) in [6.07, 6.45) is 4.47. The number of guanidine groups is 1. The number of hydrogen-bond donors (Lipinski definition) is 8. The summed E-state index contributed by atoms with van der Waals surface area (Å²) in [6.45, 7) is 0.184. The fraction of sp³-hybridized carbons (Fsp3) is 0.737. The summed E-state index contributed by atoms with van der Waals surface area (Å²) in [4.78, 5) is 52.3. The van der Waals surface area contributed by atoms with E-state index in [9.17, 15) is 19.2 Å². The SMILES string of the molecule is CSCCC(NC(=O)C(N)CCCN=C(N)N)C(=O)NC(CCCCN)C(=O)NCC(=O)O. The summed E-state index contributed by atoms with van der Waals surface area (Å²) in [7, 11) is 0. The molecule has 0 aromatic heterocycles. The zero-order valence-corrected chi connectivity index (χ0v) is 19.9. The molecule has 0 saturated heterocycles. The summed E-state index contributed by atoms with van der Waals surface area (Å²) >= 11 is 1.50. The third-order valence-electron chi connectivity index (χ3n) is 4.54. The minimum absolute atomic E-state index is 0.0461. The Kier molecular flexibility index (Phi) is 16.5. The van der Waals surface area contributed by atoms with Crippen LogP contribution in [0.5, 0.6) is 0 Å². The monoisotopic (exact) mass is 490 g/mol. The van der Waals surface area contributed by atoms with E-state index in [4.69, 9.17) is 28.0 Å². The lowest BCUT2D eigenvalue weighted by Crippen LogP contribution is -2.56. The Labute approximate surface area is 198 Å². The van der Waals surface area contributed by atoms with Gasteiger partial charge < -0.3 is 44.0 Å². The fourth-order valence-electron chi connectivity index (χ4n) is 2.75. The van der Waals surface area contributed by atoms with E-state index in [0.29, 0.717) is 50.9 Å². The lowest BCUT2D eigenvalue weighted by molar-refractivity contribution is -0.138. The maximum Gasteiger partial charge on any atom is 0.322 e. The van der Waals surface area contributed by atoms with Crippen LogP contribution < -0.4 is 38.9 Å². The van der Waals surface area contributed by atoms with E-state index >= 15 is 0 Å². The highest BCUT2D eigenvalue weighted by molar-refractivity contribution is 7.98. The molecule has 3 atom stereocenters. The molecule has 0 aromatic rings. The first-order valence-corrected chi connectivity index (χ1v) is 12.1. The van der Waals surface area contributed by atoms with E-state index in [-0.39, 0.29) is 12.4 Å². The van der Waals surface area contributed by atoms with Crippen molar-refractivity contribution in [1.29, 1.82) is 0 Å². The van der Waals surface area contributed by atoms with E-state index in [0.717, 1.165) is 0 Å². The van der Waals surface area contributed by atoms with Gasteiger partial charge in [-0.2, -0.15) is 11.8 Å². The minimum Gasteiger partial charge on any atom is -0.480 e. The molecule has 0 spiro atoms.